The van der Waals surface area contributed by atoms with Crippen molar-refractivity contribution < 1.29 is 34.2 Å². The SMILES string of the molecule is CC(C)CC(NC(=O)C(C)NC(=O)C(N)CCC(=O)O)C(=O)N1CCCC1C(=O)O. The second-order valence-corrected chi connectivity index (χ2v) is 7.99. The molecule has 11 nitrogen and oxygen atoms in total. The van der Waals surface area contributed by atoms with E-state index in [0.29, 0.717) is 25.8 Å². The number of amides is 3. The van der Waals surface area contributed by atoms with Crippen molar-refractivity contribution in [2.75, 3.05) is 6.54 Å². The van der Waals surface area contributed by atoms with Crippen LogP contribution in [-0.4, -0.2) is 75.5 Å². The second kappa shape index (κ2) is 11.5. The highest BCUT2D eigenvalue weighted by Crippen LogP contribution is 2.20. The summed E-state index contributed by atoms with van der Waals surface area (Å²) in [5.74, 6) is -3.85. The predicted molar refractivity (Wildman–Crippen MR) is 106 cm³/mol. The van der Waals surface area contributed by atoms with Gasteiger partial charge in [0.1, 0.15) is 18.1 Å². The normalized spacial score (nSPS) is 19.1. The highest BCUT2D eigenvalue weighted by atomic mass is 16.4. The molecule has 0 aromatic heterocycles. The van der Waals surface area contributed by atoms with Crippen LogP contribution < -0.4 is 16.4 Å². The number of carboxylic acid groups (broad SMARTS) is 2. The van der Waals surface area contributed by atoms with Crippen LogP contribution in [-0.2, 0) is 24.0 Å². The third-order valence-corrected chi connectivity index (χ3v) is 4.90. The maximum absolute atomic E-state index is 12.9. The third-order valence-electron chi connectivity index (χ3n) is 4.90. The van der Waals surface area contributed by atoms with E-state index in [2.05, 4.69) is 10.6 Å². The first-order valence-electron chi connectivity index (χ1n) is 10.0. The van der Waals surface area contributed by atoms with Gasteiger partial charge in [0.2, 0.25) is 17.7 Å². The number of likely N-dealkylation sites (tertiary alicyclic amines) is 1. The average Bonchev–Trinajstić information content (AvgIpc) is 3.14. The summed E-state index contributed by atoms with van der Waals surface area (Å²) in [7, 11) is 0. The zero-order chi connectivity index (χ0) is 23.0. The van der Waals surface area contributed by atoms with Gasteiger partial charge in [-0.25, -0.2) is 4.79 Å². The molecule has 170 valence electrons. The van der Waals surface area contributed by atoms with Gasteiger partial charge in [0.15, 0.2) is 0 Å². The van der Waals surface area contributed by atoms with Gasteiger partial charge in [0.05, 0.1) is 6.04 Å². The molecule has 0 bridgehead atoms. The summed E-state index contributed by atoms with van der Waals surface area (Å²) in [6.07, 6.45) is 0.901. The zero-order valence-corrected chi connectivity index (χ0v) is 17.6. The van der Waals surface area contributed by atoms with Gasteiger partial charge in [-0.15, -0.1) is 0 Å². The minimum absolute atomic E-state index is 0.0551. The van der Waals surface area contributed by atoms with Crippen LogP contribution in [0.5, 0.6) is 0 Å². The molecule has 0 saturated carbocycles. The summed E-state index contributed by atoms with van der Waals surface area (Å²) in [5, 5.41) is 23.0. The van der Waals surface area contributed by atoms with E-state index in [0.717, 1.165) is 0 Å². The van der Waals surface area contributed by atoms with Crippen molar-refractivity contribution >= 4 is 29.7 Å². The van der Waals surface area contributed by atoms with Crippen LogP contribution in [0.15, 0.2) is 0 Å². The number of carboxylic acids is 2. The summed E-state index contributed by atoms with van der Waals surface area (Å²) >= 11 is 0. The van der Waals surface area contributed by atoms with Gasteiger partial charge >= 0.3 is 11.9 Å². The first-order chi connectivity index (χ1) is 13.9. The standard InChI is InChI=1S/C19H32N4O7/c1-10(2)9-13(18(28)23-8-4-5-14(23)19(29)30)22-16(26)11(3)21-17(27)12(20)6-7-15(24)25/h10-14H,4-9,20H2,1-3H3,(H,21,27)(H,22,26)(H,24,25)(H,29,30). The quantitative estimate of drug-likeness (QED) is 0.286. The molecule has 1 aliphatic heterocycles. The molecule has 0 aromatic carbocycles. The first kappa shape index (κ1) is 25.3. The Morgan fingerprint density at radius 3 is 2.23 bits per heavy atom. The molecular weight excluding hydrogens is 396 g/mol. The van der Waals surface area contributed by atoms with Crippen LogP contribution in [0.4, 0.5) is 0 Å². The molecule has 0 radical (unpaired) electrons. The van der Waals surface area contributed by atoms with E-state index in [1.165, 1.54) is 11.8 Å². The van der Waals surface area contributed by atoms with Crippen LogP contribution in [0.3, 0.4) is 0 Å². The lowest BCUT2D eigenvalue weighted by atomic mass is 10.0. The summed E-state index contributed by atoms with van der Waals surface area (Å²) in [6.45, 7) is 5.48. The Balaban J connectivity index is 2.76. The maximum Gasteiger partial charge on any atom is 0.326 e. The Morgan fingerprint density at radius 2 is 1.70 bits per heavy atom. The Morgan fingerprint density at radius 1 is 1.07 bits per heavy atom. The van der Waals surface area contributed by atoms with Crippen LogP contribution in [0, 0.1) is 5.92 Å². The molecule has 1 fully saturated rings. The van der Waals surface area contributed by atoms with Gasteiger partial charge in [-0.05, 0) is 38.5 Å². The number of nitrogens with two attached hydrogens (primary N) is 1. The van der Waals surface area contributed by atoms with Crippen molar-refractivity contribution in [2.24, 2.45) is 11.7 Å². The van der Waals surface area contributed by atoms with Crippen LogP contribution in [0.2, 0.25) is 0 Å². The third kappa shape index (κ3) is 7.62. The van der Waals surface area contributed by atoms with Gasteiger partial charge < -0.3 is 31.5 Å². The van der Waals surface area contributed by atoms with Gasteiger partial charge in [-0.3, -0.25) is 19.2 Å². The molecule has 11 heteroatoms. The lowest BCUT2D eigenvalue weighted by Gasteiger charge is -2.29. The Bertz CT molecular complexity index is 667. The molecule has 1 heterocycles. The van der Waals surface area contributed by atoms with Crippen molar-refractivity contribution in [2.45, 2.75) is 77.0 Å². The zero-order valence-electron chi connectivity index (χ0n) is 17.6. The topological polar surface area (TPSA) is 179 Å². The van der Waals surface area contributed by atoms with Crippen LogP contribution in [0.1, 0.15) is 52.9 Å². The molecule has 1 rings (SSSR count). The highest BCUT2D eigenvalue weighted by Gasteiger charge is 2.38. The van der Waals surface area contributed by atoms with Crippen molar-refractivity contribution in [1.82, 2.24) is 15.5 Å². The number of nitrogens with one attached hydrogen (secondary N) is 2. The number of nitrogens with zero attached hydrogens (tertiary/aromatic N) is 1. The number of hydrogen-bond donors (Lipinski definition) is 5. The Kier molecular flexibility index (Phi) is 9.70. The number of carbonyl (C=O) groups is 5. The van der Waals surface area contributed by atoms with Crippen LogP contribution in [0.25, 0.3) is 0 Å². The van der Waals surface area contributed by atoms with E-state index >= 15 is 0 Å². The fraction of sp³-hybridized carbons (Fsp3) is 0.737. The van der Waals surface area contributed by atoms with Crippen molar-refractivity contribution in [3.63, 3.8) is 0 Å². The van der Waals surface area contributed by atoms with E-state index in [-0.39, 0.29) is 18.8 Å². The lowest BCUT2D eigenvalue weighted by molar-refractivity contribution is -0.149. The van der Waals surface area contributed by atoms with Crippen molar-refractivity contribution in [3.8, 4) is 0 Å². The van der Waals surface area contributed by atoms with Gasteiger partial charge in [0.25, 0.3) is 0 Å². The van der Waals surface area contributed by atoms with Gasteiger partial charge in [-0.1, -0.05) is 13.8 Å². The summed E-state index contributed by atoms with van der Waals surface area (Å²) in [4.78, 5) is 60.8. The fourth-order valence-corrected chi connectivity index (χ4v) is 3.27. The van der Waals surface area contributed by atoms with Crippen molar-refractivity contribution in [3.05, 3.63) is 0 Å². The molecule has 0 aromatic rings. The monoisotopic (exact) mass is 428 g/mol. The van der Waals surface area contributed by atoms with E-state index in [9.17, 15) is 29.1 Å². The molecule has 0 spiro atoms. The molecule has 0 aliphatic carbocycles. The second-order valence-electron chi connectivity index (χ2n) is 7.99. The van der Waals surface area contributed by atoms with Gasteiger partial charge in [-0.2, -0.15) is 0 Å². The molecule has 6 N–H and O–H groups in total. The first-order valence-corrected chi connectivity index (χ1v) is 10.0. The van der Waals surface area contributed by atoms with Gasteiger partial charge in [0, 0.05) is 13.0 Å². The fourth-order valence-electron chi connectivity index (χ4n) is 3.27. The predicted octanol–water partition coefficient (Wildman–Crippen LogP) is -0.710. The largest absolute Gasteiger partial charge is 0.481 e. The molecule has 30 heavy (non-hydrogen) atoms. The number of hydrogen-bond acceptors (Lipinski definition) is 6. The Labute approximate surface area is 175 Å². The number of rotatable bonds is 11. The van der Waals surface area contributed by atoms with E-state index in [1.807, 2.05) is 13.8 Å². The van der Waals surface area contributed by atoms with Crippen molar-refractivity contribution in [1.29, 1.82) is 0 Å². The minimum atomic E-state index is -1.08. The molecule has 4 atom stereocenters. The van der Waals surface area contributed by atoms with E-state index in [1.54, 1.807) is 0 Å². The van der Waals surface area contributed by atoms with E-state index in [4.69, 9.17) is 10.8 Å². The maximum atomic E-state index is 12.9. The molecule has 3 amide bonds. The smallest absolute Gasteiger partial charge is 0.326 e. The lowest BCUT2D eigenvalue weighted by Crippen LogP contribution is -2.56. The average molecular weight is 428 g/mol. The number of aliphatic carboxylic acids is 2. The molecule has 1 saturated heterocycles. The molecule has 4 unspecified atom stereocenters. The summed E-state index contributed by atoms with van der Waals surface area (Å²) in [5.41, 5.74) is 5.63. The number of carbonyl (C=O) groups excluding carboxylic acids is 3. The summed E-state index contributed by atoms with van der Waals surface area (Å²) in [6, 6.07) is -3.92. The minimum Gasteiger partial charge on any atom is -0.481 e. The molecular formula is C19H32N4O7. The Hall–Kier alpha value is -2.69. The van der Waals surface area contributed by atoms with E-state index < -0.39 is 53.8 Å². The summed E-state index contributed by atoms with van der Waals surface area (Å²) < 4.78 is 0. The molecule has 1 aliphatic rings. The van der Waals surface area contributed by atoms with Crippen LogP contribution >= 0.6 is 0 Å². The highest BCUT2D eigenvalue weighted by molar-refractivity contribution is 5.94.